The van der Waals surface area contributed by atoms with Gasteiger partial charge in [0.05, 0.1) is 17.4 Å². The van der Waals surface area contributed by atoms with Gasteiger partial charge in [0, 0.05) is 11.6 Å². The first kappa shape index (κ1) is 12.9. The molecule has 0 saturated heterocycles. The molecule has 0 radical (unpaired) electrons. The molecule has 21 heavy (non-hydrogen) atoms. The number of nitrogens with one attached hydrogen (secondary N) is 1. The molecule has 3 aromatic rings. The second-order valence-electron chi connectivity index (χ2n) is 4.34. The van der Waals surface area contributed by atoms with Gasteiger partial charge in [-0.25, -0.2) is 10.4 Å². The maximum absolute atomic E-state index is 12.0. The van der Waals surface area contributed by atoms with Crippen LogP contribution in [-0.4, -0.2) is 22.1 Å². The van der Waals surface area contributed by atoms with Gasteiger partial charge in [-0.1, -0.05) is 30.3 Å². The zero-order valence-electron chi connectivity index (χ0n) is 11.1. The fraction of sp³-hybridized carbons (Fsp3) is 0. The number of amides is 1. The first-order valence-electron chi connectivity index (χ1n) is 6.43. The minimum atomic E-state index is -0.354. The number of pyridine rings is 2. The Hall–Kier alpha value is -3.08. The van der Waals surface area contributed by atoms with Gasteiger partial charge >= 0.3 is 0 Å². The molecule has 5 nitrogen and oxygen atoms in total. The van der Waals surface area contributed by atoms with E-state index in [0.717, 1.165) is 10.9 Å². The average Bonchev–Trinajstić information content (AvgIpc) is 2.55. The molecule has 0 fully saturated rings. The van der Waals surface area contributed by atoms with Crippen LogP contribution in [0.15, 0.2) is 65.9 Å². The van der Waals surface area contributed by atoms with Crippen LogP contribution in [0.2, 0.25) is 0 Å². The number of carbonyl (C=O) groups excluding carboxylic acids is 1. The predicted octanol–water partition coefficient (Wildman–Crippen LogP) is 2.39. The summed E-state index contributed by atoms with van der Waals surface area (Å²) in [4.78, 5) is 20.3. The molecule has 0 spiro atoms. The van der Waals surface area contributed by atoms with E-state index in [9.17, 15) is 4.79 Å². The average molecular weight is 276 g/mol. The van der Waals surface area contributed by atoms with Crippen LogP contribution in [0, 0.1) is 0 Å². The number of hydrogen-bond donors (Lipinski definition) is 1. The van der Waals surface area contributed by atoms with Gasteiger partial charge in [0.25, 0.3) is 5.91 Å². The lowest BCUT2D eigenvalue weighted by atomic mass is 10.2. The van der Waals surface area contributed by atoms with E-state index in [1.165, 1.54) is 6.21 Å². The van der Waals surface area contributed by atoms with Gasteiger partial charge in [-0.05, 0) is 24.3 Å². The molecule has 5 heteroatoms. The van der Waals surface area contributed by atoms with Crippen LogP contribution in [-0.2, 0) is 0 Å². The zero-order valence-corrected chi connectivity index (χ0v) is 11.1. The molecule has 0 unspecified atom stereocenters. The fourth-order valence-electron chi connectivity index (χ4n) is 1.86. The zero-order chi connectivity index (χ0) is 14.5. The van der Waals surface area contributed by atoms with Crippen molar-refractivity contribution >= 4 is 23.0 Å². The summed E-state index contributed by atoms with van der Waals surface area (Å²) in [5, 5.41) is 4.86. The van der Waals surface area contributed by atoms with Crippen molar-refractivity contribution in [3.63, 3.8) is 0 Å². The molecule has 0 aliphatic carbocycles. The lowest BCUT2D eigenvalue weighted by Crippen LogP contribution is -2.19. The van der Waals surface area contributed by atoms with E-state index in [1.807, 2.05) is 42.5 Å². The number of para-hydroxylation sites is 1. The molecule has 3 rings (SSSR count). The monoisotopic (exact) mass is 276 g/mol. The van der Waals surface area contributed by atoms with E-state index in [0.29, 0.717) is 11.4 Å². The first-order chi connectivity index (χ1) is 10.3. The second kappa shape index (κ2) is 5.92. The second-order valence-corrected chi connectivity index (χ2v) is 4.34. The van der Waals surface area contributed by atoms with Crippen LogP contribution in [0.25, 0.3) is 10.9 Å². The highest BCUT2D eigenvalue weighted by molar-refractivity contribution is 5.95. The van der Waals surface area contributed by atoms with Gasteiger partial charge in [-0.2, -0.15) is 5.10 Å². The highest BCUT2D eigenvalue weighted by Gasteiger charge is 2.06. The van der Waals surface area contributed by atoms with Crippen molar-refractivity contribution in [1.82, 2.24) is 15.4 Å². The first-order valence-corrected chi connectivity index (χ1v) is 6.43. The summed E-state index contributed by atoms with van der Waals surface area (Å²) in [6.07, 6.45) is 3.15. The van der Waals surface area contributed by atoms with E-state index in [4.69, 9.17) is 0 Å². The molecule has 1 N–H and O–H groups in total. The molecular formula is C16H12N4O. The highest BCUT2D eigenvalue weighted by atomic mass is 16.2. The Bertz CT molecular complexity index is 799. The van der Waals surface area contributed by atoms with E-state index in [2.05, 4.69) is 20.5 Å². The van der Waals surface area contributed by atoms with Gasteiger partial charge in [-0.15, -0.1) is 0 Å². The summed E-state index contributed by atoms with van der Waals surface area (Å²) in [7, 11) is 0. The standard InChI is InChI=1S/C16H12N4O/c21-16(20-18-11-13-6-3-4-10-17-13)15-9-8-12-5-1-2-7-14(12)19-15/h1-11H,(H,20,21). The Morgan fingerprint density at radius 3 is 2.76 bits per heavy atom. The SMILES string of the molecule is O=C(NN=Cc1ccccn1)c1ccc2ccccc2n1. The molecule has 0 bridgehead atoms. The van der Waals surface area contributed by atoms with Gasteiger partial charge in [0.1, 0.15) is 5.69 Å². The van der Waals surface area contributed by atoms with E-state index in [1.54, 1.807) is 18.3 Å². The normalized spacial score (nSPS) is 10.9. The van der Waals surface area contributed by atoms with Crippen LogP contribution in [0.5, 0.6) is 0 Å². The third-order valence-corrected chi connectivity index (χ3v) is 2.88. The largest absolute Gasteiger partial charge is 0.289 e. The van der Waals surface area contributed by atoms with Crippen molar-refractivity contribution in [3.05, 3.63) is 72.2 Å². The van der Waals surface area contributed by atoms with Crippen LogP contribution in [0.4, 0.5) is 0 Å². The van der Waals surface area contributed by atoms with Gasteiger partial charge < -0.3 is 0 Å². The van der Waals surface area contributed by atoms with Crippen molar-refractivity contribution in [2.45, 2.75) is 0 Å². The van der Waals surface area contributed by atoms with Crippen LogP contribution in [0.3, 0.4) is 0 Å². The van der Waals surface area contributed by atoms with Crippen LogP contribution >= 0.6 is 0 Å². The van der Waals surface area contributed by atoms with Crippen LogP contribution in [0.1, 0.15) is 16.2 Å². The molecule has 2 aromatic heterocycles. The summed E-state index contributed by atoms with van der Waals surface area (Å²) >= 11 is 0. The summed E-state index contributed by atoms with van der Waals surface area (Å²) < 4.78 is 0. The fourth-order valence-corrected chi connectivity index (χ4v) is 1.86. The smallest absolute Gasteiger partial charge is 0.266 e. The molecule has 102 valence electrons. The number of hydrazone groups is 1. The van der Waals surface area contributed by atoms with Crippen LogP contribution < -0.4 is 5.43 Å². The highest BCUT2D eigenvalue weighted by Crippen LogP contribution is 2.11. The maximum atomic E-state index is 12.0. The van der Waals surface area contributed by atoms with Gasteiger partial charge in [0.2, 0.25) is 0 Å². The van der Waals surface area contributed by atoms with Crippen molar-refractivity contribution in [2.75, 3.05) is 0 Å². The minimum Gasteiger partial charge on any atom is -0.266 e. The summed E-state index contributed by atoms with van der Waals surface area (Å²) in [6.45, 7) is 0. The lowest BCUT2D eigenvalue weighted by molar-refractivity contribution is 0.0950. The number of nitrogens with zero attached hydrogens (tertiary/aromatic N) is 3. The van der Waals surface area contributed by atoms with Gasteiger partial charge in [-0.3, -0.25) is 9.78 Å². The van der Waals surface area contributed by atoms with Crippen molar-refractivity contribution < 1.29 is 4.79 Å². The van der Waals surface area contributed by atoms with E-state index >= 15 is 0 Å². The van der Waals surface area contributed by atoms with E-state index < -0.39 is 0 Å². The Balaban J connectivity index is 1.73. The summed E-state index contributed by atoms with van der Waals surface area (Å²) in [6, 6.07) is 16.6. The Kier molecular flexibility index (Phi) is 3.64. The number of benzene rings is 1. The molecular weight excluding hydrogens is 264 g/mol. The van der Waals surface area contributed by atoms with E-state index in [-0.39, 0.29) is 5.91 Å². The number of carbonyl (C=O) groups is 1. The number of hydrogen-bond acceptors (Lipinski definition) is 4. The number of aromatic nitrogens is 2. The Morgan fingerprint density at radius 1 is 1.05 bits per heavy atom. The Labute approximate surface area is 121 Å². The molecule has 2 heterocycles. The minimum absolute atomic E-state index is 0.326. The van der Waals surface area contributed by atoms with Crippen molar-refractivity contribution in [3.8, 4) is 0 Å². The van der Waals surface area contributed by atoms with Gasteiger partial charge in [0.15, 0.2) is 0 Å². The topological polar surface area (TPSA) is 67.2 Å². The molecule has 0 aliphatic rings. The maximum Gasteiger partial charge on any atom is 0.289 e. The number of fused-ring (bicyclic) bond motifs is 1. The molecule has 0 atom stereocenters. The van der Waals surface area contributed by atoms with Crippen molar-refractivity contribution in [2.24, 2.45) is 5.10 Å². The predicted molar refractivity (Wildman–Crippen MR) is 81.0 cm³/mol. The molecule has 1 aromatic carbocycles. The lowest BCUT2D eigenvalue weighted by Gasteiger charge is -2.01. The summed E-state index contributed by atoms with van der Waals surface area (Å²) in [5.41, 5.74) is 4.21. The third-order valence-electron chi connectivity index (χ3n) is 2.88. The molecule has 1 amide bonds. The quantitative estimate of drug-likeness (QED) is 0.590. The summed E-state index contributed by atoms with van der Waals surface area (Å²) in [5.74, 6) is -0.354. The third kappa shape index (κ3) is 3.09. The number of rotatable bonds is 3. The molecule has 0 aliphatic heterocycles. The molecule has 0 saturated carbocycles. The van der Waals surface area contributed by atoms with Crippen molar-refractivity contribution in [1.29, 1.82) is 0 Å². The Morgan fingerprint density at radius 2 is 1.90 bits per heavy atom.